The van der Waals surface area contributed by atoms with Gasteiger partial charge in [-0.2, -0.15) is 0 Å². The first-order chi connectivity index (χ1) is 15.7. The lowest BCUT2D eigenvalue weighted by Crippen LogP contribution is -2.54. The Hall–Kier alpha value is -2.57. The fourth-order valence-electron chi connectivity index (χ4n) is 6.13. The zero-order valence-electron chi connectivity index (χ0n) is 18.6. The highest BCUT2D eigenvalue weighted by Crippen LogP contribution is 2.50. The summed E-state index contributed by atoms with van der Waals surface area (Å²) in [6.45, 7) is 5.50. The lowest BCUT2D eigenvalue weighted by Gasteiger charge is -2.49. The molecule has 4 heterocycles. The first kappa shape index (κ1) is 20.1. The van der Waals surface area contributed by atoms with Crippen LogP contribution in [-0.4, -0.2) is 43.3 Å². The molecule has 0 bridgehead atoms. The normalized spacial score (nSPS) is 27.1. The minimum atomic E-state index is -0.106. The minimum absolute atomic E-state index is 0.0825. The molecule has 4 aliphatic rings. The Morgan fingerprint density at radius 3 is 2.94 bits per heavy atom. The third kappa shape index (κ3) is 3.37. The van der Waals surface area contributed by atoms with Crippen LogP contribution in [0.4, 0.5) is 0 Å². The molecule has 6 rings (SSSR count). The standard InChI is InChI=1S/C26H31N3O3/c1-16(17-6-3-2-4-7-17)28-26(30)20-12-18-9-11-29-14-19-8-5-10-27-21(19)13-22(29)23(18)25-24(20)31-15-32-25/h2-4,6-7,12,16,19,21-22,27H,5,8-11,13-15H2,1H3,(H,28,30)/t16-,19+,21-,22-/m1/s1. The molecule has 2 fully saturated rings. The lowest BCUT2D eigenvalue weighted by atomic mass is 9.77. The number of nitrogens with one attached hydrogen (secondary N) is 2. The van der Waals surface area contributed by atoms with E-state index in [0.29, 0.717) is 23.4 Å². The first-order valence-electron chi connectivity index (χ1n) is 12.0. The molecule has 4 atom stereocenters. The minimum Gasteiger partial charge on any atom is -0.453 e. The first-order valence-corrected chi connectivity index (χ1v) is 12.0. The van der Waals surface area contributed by atoms with Gasteiger partial charge in [0.25, 0.3) is 5.91 Å². The second-order valence-corrected chi connectivity index (χ2v) is 9.63. The van der Waals surface area contributed by atoms with E-state index in [9.17, 15) is 4.79 Å². The average molecular weight is 434 g/mol. The Balaban J connectivity index is 1.31. The summed E-state index contributed by atoms with van der Waals surface area (Å²) in [5.74, 6) is 2.05. The second kappa shape index (κ2) is 8.09. The summed E-state index contributed by atoms with van der Waals surface area (Å²) in [6.07, 6.45) is 4.65. The molecule has 2 N–H and O–H groups in total. The largest absolute Gasteiger partial charge is 0.453 e. The van der Waals surface area contributed by atoms with Gasteiger partial charge < -0.3 is 20.1 Å². The molecule has 4 aliphatic heterocycles. The van der Waals surface area contributed by atoms with Crippen LogP contribution in [0.2, 0.25) is 0 Å². The van der Waals surface area contributed by atoms with E-state index in [1.54, 1.807) is 0 Å². The molecule has 32 heavy (non-hydrogen) atoms. The van der Waals surface area contributed by atoms with Crippen LogP contribution in [-0.2, 0) is 6.42 Å². The lowest BCUT2D eigenvalue weighted by molar-refractivity contribution is 0.0534. The van der Waals surface area contributed by atoms with E-state index in [1.807, 2.05) is 37.3 Å². The van der Waals surface area contributed by atoms with Gasteiger partial charge in [0.05, 0.1) is 11.6 Å². The van der Waals surface area contributed by atoms with Crippen LogP contribution < -0.4 is 20.1 Å². The summed E-state index contributed by atoms with van der Waals surface area (Å²) >= 11 is 0. The van der Waals surface area contributed by atoms with Crippen molar-refractivity contribution in [1.29, 1.82) is 0 Å². The number of hydrogen-bond acceptors (Lipinski definition) is 5. The molecule has 6 nitrogen and oxygen atoms in total. The number of fused-ring (bicyclic) bond motifs is 6. The summed E-state index contributed by atoms with van der Waals surface area (Å²) in [7, 11) is 0. The Kier molecular flexibility index (Phi) is 5.07. The maximum absolute atomic E-state index is 13.3. The molecule has 2 aromatic rings. The van der Waals surface area contributed by atoms with Crippen molar-refractivity contribution in [2.45, 2.75) is 50.7 Å². The zero-order valence-corrected chi connectivity index (χ0v) is 18.6. The van der Waals surface area contributed by atoms with E-state index in [-0.39, 0.29) is 18.7 Å². The maximum atomic E-state index is 13.3. The predicted octanol–water partition coefficient (Wildman–Crippen LogP) is 3.58. The van der Waals surface area contributed by atoms with Crippen molar-refractivity contribution in [3.63, 3.8) is 0 Å². The van der Waals surface area contributed by atoms with Crippen molar-refractivity contribution in [2.75, 3.05) is 26.4 Å². The van der Waals surface area contributed by atoms with Crippen molar-refractivity contribution in [1.82, 2.24) is 15.5 Å². The van der Waals surface area contributed by atoms with Gasteiger partial charge in [0.1, 0.15) is 0 Å². The molecule has 2 aromatic carbocycles. The SMILES string of the molecule is C[C@@H](NC(=O)c1cc2c(c3c1OCO3)[C@H]1C[C@H]3NCCC[C@H]3CN1CC2)c1ccccc1. The Morgan fingerprint density at radius 1 is 1.22 bits per heavy atom. The third-order valence-corrected chi connectivity index (χ3v) is 7.77. The molecule has 2 saturated heterocycles. The van der Waals surface area contributed by atoms with E-state index in [0.717, 1.165) is 49.7 Å². The molecule has 0 unspecified atom stereocenters. The predicted molar refractivity (Wildman–Crippen MR) is 122 cm³/mol. The smallest absolute Gasteiger partial charge is 0.255 e. The summed E-state index contributed by atoms with van der Waals surface area (Å²) < 4.78 is 11.9. The number of carbonyl (C=O) groups is 1. The van der Waals surface area contributed by atoms with Gasteiger partial charge in [-0.1, -0.05) is 30.3 Å². The van der Waals surface area contributed by atoms with Crippen LogP contribution in [0.5, 0.6) is 11.5 Å². The van der Waals surface area contributed by atoms with E-state index in [1.165, 1.54) is 24.0 Å². The van der Waals surface area contributed by atoms with E-state index in [4.69, 9.17) is 9.47 Å². The summed E-state index contributed by atoms with van der Waals surface area (Å²) in [5.41, 5.74) is 4.17. The molecule has 0 radical (unpaired) electrons. The molecule has 6 heteroatoms. The number of carbonyl (C=O) groups excluding carboxylic acids is 1. The number of amides is 1. The van der Waals surface area contributed by atoms with Crippen molar-refractivity contribution < 1.29 is 14.3 Å². The van der Waals surface area contributed by atoms with Crippen LogP contribution >= 0.6 is 0 Å². The van der Waals surface area contributed by atoms with Gasteiger partial charge in [-0.3, -0.25) is 9.69 Å². The fourth-order valence-corrected chi connectivity index (χ4v) is 6.13. The summed E-state index contributed by atoms with van der Waals surface area (Å²) in [4.78, 5) is 15.9. The Bertz CT molecular complexity index is 1020. The molecular formula is C26H31N3O3. The molecule has 1 amide bonds. The zero-order chi connectivity index (χ0) is 21.7. The highest BCUT2D eigenvalue weighted by Gasteiger charge is 2.43. The number of benzene rings is 2. The Labute approximate surface area is 189 Å². The number of ether oxygens (including phenoxy) is 2. The monoisotopic (exact) mass is 433 g/mol. The quantitative estimate of drug-likeness (QED) is 0.775. The van der Waals surface area contributed by atoms with Crippen molar-refractivity contribution in [3.8, 4) is 11.5 Å². The topological polar surface area (TPSA) is 62.8 Å². The molecular weight excluding hydrogens is 402 g/mol. The molecule has 168 valence electrons. The van der Waals surface area contributed by atoms with E-state index < -0.39 is 0 Å². The van der Waals surface area contributed by atoms with E-state index in [2.05, 4.69) is 21.6 Å². The summed E-state index contributed by atoms with van der Waals surface area (Å²) in [5, 5.41) is 6.90. The maximum Gasteiger partial charge on any atom is 0.255 e. The fraction of sp³-hybridized carbons (Fsp3) is 0.500. The van der Waals surface area contributed by atoms with Crippen LogP contribution in [0.1, 0.15) is 65.3 Å². The van der Waals surface area contributed by atoms with Gasteiger partial charge >= 0.3 is 0 Å². The van der Waals surface area contributed by atoms with Gasteiger partial charge in [0, 0.05) is 30.7 Å². The van der Waals surface area contributed by atoms with Gasteiger partial charge in [-0.25, -0.2) is 0 Å². The molecule has 0 aromatic heterocycles. The van der Waals surface area contributed by atoms with Gasteiger partial charge in [-0.05, 0) is 62.3 Å². The van der Waals surface area contributed by atoms with Crippen molar-refractivity contribution >= 4 is 5.91 Å². The highest BCUT2D eigenvalue weighted by atomic mass is 16.7. The Morgan fingerprint density at radius 2 is 2.06 bits per heavy atom. The number of piperidine rings is 2. The van der Waals surface area contributed by atoms with Gasteiger partial charge in [0.15, 0.2) is 11.5 Å². The average Bonchev–Trinajstić information content (AvgIpc) is 3.32. The highest BCUT2D eigenvalue weighted by molar-refractivity contribution is 5.99. The molecule has 0 saturated carbocycles. The van der Waals surface area contributed by atoms with Crippen molar-refractivity contribution in [2.24, 2.45) is 5.92 Å². The van der Waals surface area contributed by atoms with Gasteiger partial charge in [0.2, 0.25) is 6.79 Å². The molecule has 0 spiro atoms. The van der Waals surface area contributed by atoms with Crippen molar-refractivity contribution in [3.05, 3.63) is 58.7 Å². The second-order valence-electron chi connectivity index (χ2n) is 9.63. The number of hydrogen-bond donors (Lipinski definition) is 2. The summed E-state index contributed by atoms with van der Waals surface area (Å²) in [6, 6.07) is 12.9. The number of rotatable bonds is 3. The van der Waals surface area contributed by atoms with Crippen LogP contribution in [0.15, 0.2) is 36.4 Å². The van der Waals surface area contributed by atoms with Crippen LogP contribution in [0, 0.1) is 5.92 Å². The van der Waals surface area contributed by atoms with Crippen LogP contribution in [0.25, 0.3) is 0 Å². The van der Waals surface area contributed by atoms with Crippen LogP contribution in [0.3, 0.4) is 0 Å². The van der Waals surface area contributed by atoms with Gasteiger partial charge in [-0.15, -0.1) is 0 Å². The molecule has 0 aliphatic carbocycles. The van der Waals surface area contributed by atoms with E-state index >= 15 is 0 Å². The third-order valence-electron chi connectivity index (χ3n) is 7.77. The number of nitrogens with zero attached hydrogens (tertiary/aromatic N) is 1.